The van der Waals surface area contributed by atoms with Crippen molar-refractivity contribution in [3.05, 3.63) is 30.3 Å². The Hall–Kier alpha value is 0.305. The van der Waals surface area contributed by atoms with E-state index in [1.165, 1.54) is 26.6 Å². The van der Waals surface area contributed by atoms with Crippen LogP contribution >= 0.6 is 0 Å². The summed E-state index contributed by atoms with van der Waals surface area (Å²) in [6, 6.07) is 8.66. The van der Waals surface area contributed by atoms with Gasteiger partial charge in [0.1, 0.15) is 0 Å². The lowest BCUT2D eigenvalue weighted by Crippen LogP contribution is -2.29. The van der Waals surface area contributed by atoms with Gasteiger partial charge in [-0.15, -0.1) is 0 Å². The summed E-state index contributed by atoms with van der Waals surface area (Å²) < 4.78 is 0. The van der Waals surface area contributed by atoms with Crippen LogP contribution in [0.5, 0.6) is 0 Å². The maximum absolute atomic E-state index is 8.58. The van der Waals surface area contributed by atoms with Crippen molar-refractivity contribution in [3.63, 3.8) is 0 Å². The normalized spacial score (nSPS) is 7.86. The van der Waals surface area contributed by atoms with Crippen molar-refractivity contribution in [1.29, 1.82) is 0 Å². The van der Waals surface area contributed by atoms with Gasteiger partial charge in [-0.25, -0.2) is 0 Å². The van der Waals surface area contributed by atoms with Gasteiger partial charge < -0.3 is 10.0 Å². The third-order valence-corrected chi connectivity index (χ3v) is 5.60. The minimum atomic E-state index is -1.34. The van der Waals surface area contributed by atoms with Gasteiger partial charge in [0.15, 0.2) is 0 Å². The van der Waals surface area contributed by atoms with Crippen molar-refractivity contribution in [3.8, 4) is 0 Å². The van der Waals surface area contributed by atoms with Crippen molar-refractivity contribution >= 4 is 61.6 Å². The first-order chi connectivity index (χ1) is 6.72. The zero-order valence-corrected chi connectivity index (χ0v) is 11.0. The molecule has 0 saturated carbocycles. The average Bonchev–Trinajstić information content (AvgIpc) is 2.21. The summed E-state index contributed by atoms with van der Waals surface area (Å²) in [5.41, 5.74) is 0.525. The molecule has 1 rings (SSSR count). The van der Waals surface area contributed by atoms with Gasteiger partial charge in [0, 0.05) is 49.0 Å². The van der Waals surface area contributed by atoms with Gasteiger partial charge in [0.05, 0.1) is 0 Å². The molecule has 0 amide bonds. The summed E-state index contributed by atoms with van der Waals surface area (Å²) in [6.45, 7) is 0. The van der Waals surface area contributed by atoms with Gasteiger partial charge in [-0.05, 0) is 5.46 Å². The van der Waals surface area contributed by atoms with E-state index in [4.69, 9.17) is 10.0 Å². The Morgan fingerprint density at radius 2 is 1.50 bits per heavy atom. The Morgan fingerprint density at radius 3 is 1.71 bits per heavy atom. The van der Waals surface area contributed by atoms with Crippen molar-refractivity contribution in [1.82, 2.24) is 0 Å². The second-order valence-electron chi connectivity index (χ2n) is 1.99. The molecule has 0 bridgehead atoms. The molecule has 2 nitrogen and oxygen atoms in total. The largest absolute Gasteiger partial charge is 0.488 e. The van der Waals surface area contributed by atoms with E-state index in [9.17, 15) is 0 Å². The van der Waals surface area contributed by atoms with Crippen LogP contribution in [0.3, 0.4) is 0 Å². The molecule has 1 aromatic carbocycles. The minimum absolute atomic E-state index is 0.525. The fourth-order valence-electron chi connectivity index (χ4n) is 0.637. The van der Waals surface area contributed by atoms with Crippen LogP contribution in [0.4, 0.5) is 0 Å². The molecule has 0 unspecified atom stereocenters. The van der Waals surface area contributed by atoms with Gasteiger partial charge in [0.25, 0.3) is 0 Å². The molecule has 0 aromatic heterocycles. The molecule has 0 aliphatic heterocycles. The SMILES string of the molecule is OB(O)c1ccccc1.S=S=S=S=S. The first-order valence-corrected chi connectivity index (χ1v) is 8.72. The van der Waals surface area contributed by atoms with E-state index in [-0.39, 0.29) is 0 Å². The zero-order chi connectivity index (χ0) is 10.8. The Labute approximate surface area is 101 Å². The van der Waals surface area contributed by atoms with E-state index < -0.39 is 7.12 Å². The molecule has 14 heavy (non-hydrogen) atoms. The van der Waals surface area contributed by atoms with Crippen molar-refractivity contribution < 1.29 is 10.0 Å². The van der Waals surface area contributed by atoms with Gasteiger partial charge in [-0.3, -0.25) is 0 Å². The molecule has 1 aromatic rings. The van der Waals surface area contributed by atoms with Crippen LogP contribution in [-0.4, -0.2) is 17.2 Å². The van der Waals surface area contributed by atoms with Crippen LogP contribution in [0.1, 0.15) is 0 Å². The number of hydrogen-bond acceptors (Lipinski definition) is 4. The summed E-state index contributed by atoms with van der Waals surface area (Å²) >= 11 is 8.89. The first-order valence-electron chi connectivity index (χ1n) is 3.38. The molecular weight excluding hydrogens is 275 g/mol. The second-order valence-corrected chi connectivity index (χ2v) is 7.30. The van der Waals surface area contributed by atoms with Gasteiger partial charge in [-0.1, -0.05) is 30.3 Å². The number of hydrogen-bond donors (Lipinski definition) is 2. The van der Waals surface area contributed by atoms with Gasteiger partial charge in [-0.2, -0.15) is 0 Å². The lowest BCUT2D eigenvalue weighted by atomic mass is 9.81. The van der Waals surface area contributed by atoms with E-state index in [1.807, 2.05) is 6.07 Å². The number of benzene rings is 1. The van der Waals surface area contributed by atoms with Crippen molar-refractivity contribution in [2.24, 2.45) is 0 Å². The zero-order valence-electron chi connectivity index (χ0n) is 6.90. The summed E-state index contributed by atoms with van der Waals surface area (Å²) in [5, 5.41) is 17.2. The highest BCUT2D eigenvalue weighted by atomic mass is 33.3. The quantitative estimate of drug-likeness (QED) is 0.672. The molecule has 0 saturated heterocycles. The molecule has 0 aliphatic carbocycles. The Morgan fingerprint density at radius 1 is 1.00 bits per heavy atom. The molecule has 0 atom stereocenters. The van der Waals surface area contributed by atoms with E-state index in [0.717, 1.165) is 0 Å². The lowest BCUT2D eigenvalue weighted by molar-refractivity contribution is 0.426. The highest BCUT2D eigenvalue weighted by molar-refractivity contribution is 8.59. The highest BCUT2D eigenvalue weighted by Gasteiger charge is 2.07. The molecule has 0 spiro atoms. The van der Waals surface area contributed by atoms with E-state index in [0.29, 0.717) is 5.46 Å². The Kier molecular flexibility index (Phi) is 10.1. The fraction of sp³-hybridized carbons (Fsp3) is 0. The smallest absolute Gasteiger partial charge is 0.423 e. The van der Waals surface area contributed by atoms with Crippen LogP contribution in [0.25, 0.3) is 0 Å². The standard InChI is InChI=1S/C6H7BO2.S5/c8-7(9)6-4-2-1-3-5-6;1-3-5-4-2/h1-5,8-9H;. The summed E-state index contributed by atoms with van der Waals surface area (Å²) in [4.78, 5) is 0. The van der Waals surface area contributed by atoms with Crippen molar-refractivity contribution in [2.75, 3.05) is 0 Å². The first kappa shape index (κ1) is 14.3. The molecular formula is C6H7BO2S5. The Balaban J connectivity index is 0.000000292. The molecule has 0 fully saturated rings. The Bertz CT molecular complexity index is 353. The second kappa shape index (κ2) is 9.84. The molecule has 76 valence electrons. The predicted octanol–water partition coefficient (Wildman–Crippen LogP) is -0.646. The molecule has 8 heteroatoms. The molecule has 0 heterocycles. The minimum Gasteiger partial charge on any atom is -0.423 e. The van der Waals surface area contributed by atoms with E-state index >= 15 is 0 Å². The van der Waals surface area contributed by atoms with Crippen LogP contribution in [0.2, 0.25) is 0 Å². The molecule has 2 N–H and O–H groups in total. The topological polar surface area (TPSA) is 40.5 Å². The van der Waals surface area contributed by atoms with Crippen LogP contribution in [0.15, 0.2) is 30.3 Å². The third-order valence-electron chi connectivity index (χ3n) is 1.15. The third kappa shape index (κ3) is 7.68. The summed E-state index contributed by atoms with van der Waals surface area (Å²) in [6.07, 6.45) is 0. The number of rotatable bonds is 1. The van der Waals surface area contributed by atoms with Crippen LogP contribution in [0, 0.1) is 0 Å². The van der Waals surface area contributed by atoms with Crippen LogP contribution in [-0.2, 0) is 49.0 Å². The predicted molar refractivity (Wildman–Crippen MR) is 73.1 cm³/mol. The van der Waals surface area contributed by atoms with E-state index in [2.05, 4.69) is 22.4 Å². The molecule has 0 radical (unpaired) electrons. The van der Waals surface area contributed by atoms with Crippen LogP contribution < -0.4 is 5.46 Å². The van der Waals surface area contributed by atoms with Gasteiger partial charge in [0.2, 0.25) is 0 Å². The van der Waals surface area contributed by atoms with Gasteiger partial charge >= 0.3 is 7.12 Å². The maximum atomic E-state index is 8.58. The molecule has 0 aliphatic rings. The maximum Gasteiger partial charge on any atom is 0.488 e. The van der Waals surface area contributed by atoms with E-state index in [1.54, 1.807) is 24.3 Å². The highest BCUT2D eigenvalue weighted by Crippen LogP contribution is 1.82. The lowest BCUT2D eigenvalue weighted by Gasteiger charge is -1.94. The summed E-state index contributed by atoms with van der Waals surface area (Å²) in [7, 11) is 2.61. The average molecular weight is 282 g/mol. The fourth-order valence-corrected chi connectivity index (χ4v) is 3.38. The summed E-state index contributed by atoms with van der Waals surface area (Å²) in [5.74, 6) is 0. The van der Waals surface area contributed by atoms with Crippen molar-refractivity contribution in [2.45, 2.75) is 0 Å². The monoisotopic (exact) mass is 282 g/mol.